The number of hydrogen-bond acceptors (Lipinski definition) is 1. The van der Waals surface area contributed by atoms with Crippen molar-refractivity contribution in [1.82, 2.24) is 5.32 Å². The van der Waals surface area contributed by atoms with Gasteiger partial charge in [0.2, 0.25) is 0 Å². The molecule has 62 valence electrons. The Hall–Kier alpha value is -0.720. The maximum atomic E-state index is 3.98. The zero-order valence-electron chi connectivity index (χ0n) is 7.48. The van der Waals surface area contributed by atoms with E-state index in [1.54, 1.807) is 0 Å². The first-order valence-corrected chi connectivity index (χ1v) is 4.35. The Morgan fingerprint density at radius 1 is 1.09 bits per heavy atom. The largest absolute Gasteiger partial charge is 0.363 e. The summed E-state index contributed by atoms with van der Waals surface area (Å²) < 4.78 is 0. The normalized spacial score (nSPS) is 30.7. The van der Waals surface area contributed by atoms with Crippen LogP contribution in [0.2, 0.25) is 0 Å². The van der Waals surface area contributed by atoms with Crippen LogP contribution in [0.15, 0.2) is 24.6 Å². The standard InChI is InChI=1S/C10H17N/c1-5-9-7(3)11-8(4)10(9)6-2/h9-11H,3-6H2,1-2H3. The Morgan fingerprint density at radius 2 is 1.45 bits per heavy atom. The van der Waals surface area contributed by atoms with Gasteiger partial charge in [0, 0.05) is 23.2 Å². The van der Waals surface area contributed by atoms with Gasteiger partial charge in [0.15, 0.2) is 0 Å². The van der Waals surface area contributed by atoms with E-state index >= 15 is 0 Å². The predicted octanol–water partition coefficient (Wildman–Crippen LogP) is 2.67. The van der Waals surface area contributed by atoms with Crippen LogP contribution < -0.4 is 5.32 Å². The van der Waals surface area contributed by atoms with Crippen LogP contribution in [-0.2, 0) is 0 Å². The van der Waals surface area contributed by atoms with Crippen LogP contribution >= 0.6 is 0 Å². The molecule has 1 heteroatoms. The van der Waals surface area contributed by atoms with Crippen molar-refractivity contribution in [3.05, 3.63) is 24.6 Å². The van der Waals surface area contributed by atoms with Crippen molar-refractivity contribution in [3.63, 3.8) is 0 Å². The van der Waals surface area contributed by atoms with E-state index < -0.39 is 0 Å². The molecule has 0 spiro atoms. The fraction of sp³-hybridized carbons (Fsp3) is 0.600. The molecule has 1 nitrogen and oxygen atoms in total. The first-order valence-electron chi connectivity index (χ1n) is 4.35. The highest BCUT2D eigenvalue weighted by atomic mass is 15.0. The van der Waals surface area contributed by atoms with Gasteiger partial charge in [-0.05, 0) is 12.8 Å². The first-order chi connectivity index (χ1) is 5.20. The molecule has 1 aliphatic heterocycles. The van der Waals surface area contributed by atoms with E-state index in [9.17, 15) is 0 Å². The molecule has 1 aliphatic rings. The number of allylic oxidation sites excluding steroid dienone is 2. The van der Waals surface area contributed by atoms with Gasteiger partial charge in [-0.3, -0.25) is 0 Å². The molecule has 0 aromatic carbocycles. The molecule has 1 heterocycles. The molecule has 0 aliphatic carbocycles. The average molecular weight is 151 g/mol. The third-order valence-electron chi connectivity index (χ3n) is 2.58. The van der Waals surface area contributed by atoms with Gasteiger partial charge in [0.1, 0.15) is 0 Å². The first kappa shape index (κ1) is 8.38. The quantitative estimate of drug-likeness (QED) is 0.639. The summed E-state index contributed by atoms with van der Waals surface area (Å²) in [6.07, 6.45) is 2.34. The molecule has 0 bridgehead atoms. The lowest BCUT2D eigenvalue weighted by molar-refractivity contribution is 0.451. The maximum Gasteiger partial charge on any atom is 0.0113 e. The van der Waals surface area contributed by atoms with E-state index in [0.29, 0.717) is 11.8 Å². The van der Waals surface area contributed by atoms with Crippen molar-refractivity contribution in [2.45, 2.75) is 26.7 Å². The van der Waals surface area contributed by atoms with Gasteiger partial charge in [-0.15, -0.1) is 0 Å². The molecule has 11 heavy (non-hydrogen) atoms. The summed E-state index contributed by atoms with van der Waals surface area (Å²) >= 11 is 0. The second-order valence-corrected chi connectivity index (χ2v) is 3.20. The fourth-order valence-electron chi connectivity index (χ4n) is 1.94. The molecule has 1 rings (SSSR count). The maximum absolute atomic E-state index is 3.98. The van der Waals surface area contributed by atoms with E-state index in [-0.39, 0.29) is 0 Å². The smallest absolute Gasteiger partial charge is 0.0113 e. The molecule has 2 unspecified atom stereocenters. The van der Waals surface area contributed by atoms with Crippen molar-refractivity contribution in [1.29, 1.82) is 0 Å². The van der Waals surface area contributed by atoms with Gasteiger partial charge < -0.3 is 5.32 Å². The number of hydrogen-bond donors (Lipinski definition) is 1. The molecular formula is C10H17N. The fourth-order valence-corrected chi connectivity index (χ4v) is 1.94. The average Bonchev–Trinajstić information content (AvgIpc) is 2.24. The van der Waals surface area contributed by atoms with E-state index in [1.807, 2.05) is 0 Å². The Balaban J connectivity index is 2.74. The zero-order chi connectivity index (χ0) is 8.43. The Labute approximate surface area is 69.2 Å². The van der Waals surface area contributed by atoms with Crippen LogP contribution in [0.4, 0.5) is 0 Å². The molecule has 1 N–H and O–H groups in total. The van der Waals surface area contributed by atoms with Crippen LogP contribution in [0.1, 0.15) is 26.7 Å². The van der Waals surface area contributed by atoms with Gasteiger partial charge in [-0.2, -0.15) is 0 Å². The summed E-state index contributed by atoms with van der Waals surface area (Å²) in [6, 6.07) is 0. The summed E-state index contributed by atoms with van der Waals surface area (Å²) in [4.78, 5) is 0. The van der Waals surface area contributed by atoms with Crippen molar-refractivity contribution in [3.8, 4) is 0 Å². The Bertz CT molecular complexity index is 161. The van der Waals surface area contributed by atoms with E-state index in [1.165, 1.54) is 12.8 Å². The molecule has 0 aromatic heterocycles. The van der Waals surface area contributed by atoms with Crippen molar-refractivity contribution in [2.75, 3.05) is 0 Å². The minimum absolute atomic E-state index is 0.618. The SMILES string of the molecule is C=C1NC(=C)C(CC)C1CC. The van der Waals surface area contributed by atoms with Gasteiger partial charge in [-0.1, -0.05) is 27.0 Å². The molecule has 0 amide bonds. The molecular weight excluding hydrogens is 134 g/mol. The minimum atomic E-state index is 0.618. The van der Waals surface area contributed by atoms with Gasteiger partial charge in [0.25, 0.3) is 0 Å². The minimum Gasteiger partial charge on any atom is -0.363 e. The lowest BCUT2D eigenvalue weighted by Crippen LogP contribution is -2.07. The molecule has 1 fully saturated rings. The highest BCUT2D eigenvalue weighted by molar-refractivity contribution is 5.21. The van der Waals surface area contributed by atoms with E-state index in [0.717, 1.165) is 11.4 Å². The lowest BCUT2D eigenvalue weighted by Gasteiger charge is -2.14. The summed E-state index contributed by atoms with van der Waals surface area (Å²) in [7, 11) is 0. The predicted molar refractivity (Wildman–Crippen MR) is 49.0 cm³/mol. The zero-order valence-corrected chi connectivity index (χ0v) is 7.48. The highest BCUT2D eigenvalue weighted by Crippen LogP contribution is 2.35. The molecule has 1 saturated heterocycles. The van der Waals surface area contributed by atoms with Gasteiger partial charge in [-0.25, -0.2) is 0 Å². The number of nitrogens with one attached hydrogen (secondary N) is 1. The second kappa shape index (κ2) is 3.12. The third-order valence-corrected chi connectivity index (χ3v) is 2.58. The van der Waals surface area contributed by atoms with Crippen LogP contribution in [0.3, 0.4) is 0 Å². The summed E-state index contributed by atoms with van der Waals surface area (Å²) in [5, 5.41) is 3.23. The Morgan fingerprint density at radius 3 is 1.73 bits per heavy atom. The highest BCUT2D eigenvalue weighted by Gasteiger charge is 2.30. The molecule has 0 aromatic rings. The topological polar surface area (TPSA) is 12.0 Å². The third kappa shape index (κ3) is 1.32. The van der Waals surface area contributed by atoms with E-state index in [4.69, 9.17) is 0 Å². The second-order valence-electron chi connectivity index (χ2n) is 3.20. The van der Waals surface area contributed by atoms with Gasteiger partial charge >= 0.3 is 0 Å². The number of rotatable bonds is 2. The van der Waals surface area contributed by atoms with Crippen LogP contribution in [-0.4, -0.2) is 0 Å². The van der Waals surface area contributed by atoms with Crippen molar-refractivity contribution >= 4 is 0 Å². The lowest BCUT2D eigenvalue weighted by atomic mass is 9.88. The van der Waals surface area contributed by atoms with E-state index in [2.05, 4.69) is 32.3 Å². The van der Waals surface area contributed by atoms with Crippen molar-refractivity contribution in [2.24, 2.45) is 11.8 Å². The molecule has 0 radical (unpaired) electrons. The summed E-state index contributed by atoms with van der Waals surface area (Å²) in [6.45, 7) is 12.4. The monoisotopic (exact) mass is 151 g/mol. The van der Waals surface area contributed by atoms with Crippen molar-refractivity contribution < 1.29 is 0 Å². The van der Waals surface area contributed by atoms with Crippen LogP contribution in [0.25, 0.3) is 0 Å². The Kier molecular flexibility index (Phi) is 2.38. The van der Waals surface area contributed by atoms with Crippen LogP contribution in [0.5, 0.6) is 0 Å². The molecule has 2 atom stereocenters. The van der Waals surface area contributed by atoms with Crippen LogP contribution in [0, 0.1) is 11.8 Å². The summed E-state index contributed by atoms with van der Waals surface area (Å²) in [5.41, 5.74) is 2.31. The molecule has 0 saturated carbocycles. The van der Waals surface area contributed by atoms with Gasteiger partial charge in [0.05, 0.1) is 0 Å². The summed E-state index contributed by atoms with van der Waals surface area (Å²) in [5.74, 6) is 1.24.